The molecule has 190 valence electrons. The van der Waals surface area contributed by atoms with Crippen molar-refractivity contribution in [3.05, 3.63) is 76.6 Å². The Hall–Kier alpha value is -3.44. The molecule has 12 heteroatoms. The molecule has 0 unspecified atom stereocenters. The highest BCUT2D eigenvalue weighted by Crippen LogP contribution is 2.26. The van der Waals surface area contributed by atoms with Crippen molar-refractivity contribution in [2.75, 3.05) is 18.0 Å². The standard InChI is InChI=1S/C24H23ClF3N5O3/c25-17-6-8-18(9-7-17)32-12-10-19(11-13-32)33(14-16-4-2-1-3-5-16)15-20-21(30-31-29-20)22(34)36-23(35)24(26,27)28/h1-9,19H,10-15H2,(H,29,30,31). The summed E-state index contributed by atoms with van der Waals surface area (Å²) in [5.74, 6) is -4.10. The molecule has 1 aliphatic heterocycles. The number of carbonyl (C=O) groups excluding carboxylic acids is 2. The molecule has 2 heterocycles. The van der Waals surface area contributed by atoms with E-state index in [9.17, 15) is 22.8 Å². The van der Waals surface area contributed by atoms with Gasteiger partial charge in [-0.2, -0.15) is 23.5 Å². The molecule has 0 spiro atoms. The zero-order chi connectivity index (χ0) is 25.7. The van der Waals surface area contributed by atoms with Gasteiger partial charge in [0.05, 0.1) is 0 Å². The van der Waals surface area contributed by atoms with E-state index in [1.807, 2.05) is 54.6 Å². The maximum Gasteiger partial charge on any atom is 0.491 e. The van der Waals surface area contributed by atoms with Crippen LogP contribution in [0.4, 0.5) is 18.9 Å². The molecule has 36 heavy (non-hydrogen) atoms. The summed E-state index contributed by atoms with van der Waals surface area (Å²) in [7, 11) is 0. The van der Waals surface area contributed by atoms with E-state index in [1.165, 1.54) is 0 Å². The van der Waals surface area contributed by atoms with E-state index >= 15 is 0 Å². The van der Waals surface area contributed by atoms with Crippen LogP contribution < -0.4 is 4.90 Å². The van der Waals surface area contributed by atoms with Gasteiger partial charge < -0.3 is 9.64 Å². The van der Waals surface area contributed by atoms with Gasteiger partial charge in [0.25, 0.3) is 0 Å². The second-order valence-corrected chi connectivity index (χ2v) is 8.82. The van der Waals surface area contributed by atoms with Gasteiger partial charge in [0, 0.05) is 42.9 Å². The highest BCUT2D eigenvalue weighted by atomic mass is 35.5. The summed E-state index contributed by atoms with van der Waals surface area (Å²) in [4.78, 5) is 27.7. The van der Waals surface area contributed by atoms with Crippen LogP contribution in [0.3, 0.4) is 0 Å². The molecule has 8 nitrogen and oxygen atoms in total. The highest BCUT2D eigenvalue weighted by molar-refractivity contribution is 6.30. The first-order chi connectivity index (χ1) is 17.2. The minimum Gasteiger partial charge on any atom is -0.381 e. The molecule has 1 aliphatic rings. The molecule has 4 rings (SSSR count). The van der Waals surface area contributed by atoms with Crippen LogP contribution in [0.1, 0.15) is 34.6 Å². The van der Waals surface area contributed by atoms with Crippen LogP contribution in [0.5, 0.6) is 0 Å². The number of halogens is 4. The molecular formula is C24H23ClF3N5O3. The predicted octanol–water partition coefficient (Wildman–Crippen LogP) is 4.38. The summed E-state index contributed by atoms with van der Waals surface area (Å²) in [5.41, 5.74) is 1.75. The van der Waals surface area contributed by atoms with Crippen LogP contribution in [0.2, 0.25) is 5.02 Å². The summed E-state index contributed by atoms with van der Waals surface area (Å²) >= 11 is 6.00. The van der Waals surface area contributed by atoms with Gasteiger partial charge >= 0.3 is 18.1 Å². The lowest BCUT2D eigenvalue weighted by molar-refractivity contribution is -0.193. The molecule has 0 atom stereocenters. The summed E-state index contributed by atoms with van der Waals surface area (Å²) < 4.78 is 41.6. The quantitative estimate of drug-likeness (QED) is 0.364. The third kappa shape index (κ3) is 6.41. The first kappa shape index (κ1) is 25.6. The number of hydrogen-bond donors (Lipinski definition) is 1. The molecule has 0 bridgehead atoms. The van der Waals surface area contributed by atoms with Gasteiger partial charge in [0.1, 0.15) is 5.69 Å². The van der Waals surface area contributed by atoms with Crippen LogP contribution in [0.25, 0.3) is 0 Å². The zero-order valence-electron chi connectivity index (χ0n) is 19.0. The fourth-order valence-electron chi connectivity index (χ4n) is 4.18. The fourth-order valence-corrected chi connectivity index (χ4v) is 4.31. The van der Waals surface area contributed by atoms with E-state index in [-0.39, 0.29) is 18.3 Å². The molecule has 0 radical (unpaired) electrons. The third-order valence-electron chi connectivity index (χ3n) is 5.98. The normalized spacial score (nSPS) is 14.8. The third-order valence-corrected chi connectivity index (χ3v) is 6.24. The van der Waals surface area contributed by atoms with Gasteiger partial charge in [0.15, 0.2) is 5.69 Å². The molecule has 0 aliphatic carbocycles. The first-order valence-corrected chi connectivity index (χ1v) is 11.6. The number of carbonyl (C=O) groups is 2. The Balaban J connectivity index is 1.49. The molecule has 3 aromatic rings. The number of alkyl halides is 3. The van der Waals surface area contributed by atoms with Gasteiger partial charge in [-0.3, -0.25) is 4.90 Å². The molecule has 1 aromatic heterocycles. The number of hydrogen-bond acceptors (Lipinski definition) is 7. The van der Waals surface area contributed by atoms with Crippen molar-refractivity contribution in [3.8, 4) is 0 Å². The Morgan fingerprint density at radius 1 is 1.03 bits per heavy atom. The molecule has 1 saturated heterocycles. The van der Waals surface area contributed by atoms with Crippen LogP contribution in [-0.4, -0.2) is 57.6 Å². The summed E-state index contributed by atoms with van der Waals surface area (Å²) in [6.45, 7) is 2.22. The van der Waals surface area contributed by atoms with Crippen molar-refractivity contribution in [3.63, 3.8) is 0 Å². The van der Waals surface area contributed by atoms with Crippen molar-refractivity contribution >= 4 is 29.2 Å². The predicted molar refractivity (Wildman–Crippen MR) is 125 cm³/mol. The second-order valence-electron chi connectivity index (χ2n) is 8.38. The minimum absolute atomic E-state index is 0.103. The molecule has 0 amide bonds. The lowest BCUT2D eigenvalue weighted by Gasteiger charge is -2.39. The maximum absolute atomic E-state index is 12.5. The smallest absolute Gasteiger partial charge is 0.381 e. The topological polar surface area (TPSA) is 91.4 Å². The summed E-state index contributed by atoms with van der Waals surface area (Å²) in [5, 5.41) is 10.5. The Bertz CT molecular complexity index is 1180. The van der Waals surface area contributed by atoms with Crippen molar-refractivity contribution in [2.24, 2.45) is 0 Å². The second kappa shape index (κ2) is 11.1. The number of aromatic nitrogens is 3. The maximum atomic E-state index is 12.5. The number of anilines is 1. The van der Waals surface area contributed by atoms with E-state index in [0.29, 0.717) is 11.6 Å². The number of nitrogens with zero attached hydrogens (tertiary/aromatic N) is 4. The van der Waals surface area contributed by atoms with Crippen molar-refractivity contribution in [1.82, 2.24) is 20.3 Å². The zero-order valence-corrected chi connectivity index (χ0v) is 19.8. The number of ether oxygens (including phenoxy) is 1. The summed E-state index contributed by atoms with van der Waals surface area (Å²) in [6, 6.07) is 17.4. The van der Waals surface area contributed by atoms with Gasteiger partial charge in [0.2, 0.25) is 0 Å². The van der Waals surface area contributed by atoms with Gasteiger partial charge in [-0.25, -0.2) is 9.59 Å². The molecule has 0 saturated carbocycles. The number of H-pyrrole nitrogens is 1. The van der Waals surface area contributed by atoms with E-state index in [0.717, 1.165) is 37.2 Å². The van der Waals surface area contributed by atoms with E-state index in [4.69, 9.17) is 11.6 Å². The van der Waals surface area contributed by atoms with Crippen LogP contribution in [-0.2, 0) is 22.6 Å². The van der Waals surface area contributed by atoms with Crippen LogP contribution in [0, 0.1) is 0 Å². The van der Waals surface area contributed by atoms with Crippen molar-refractivity contribution < 1.29 is 27.5 Å². The molecular weight excluding hydrogens is 499 g/mol. The molecule has 1 fully saturated rings. The monoisotopic (exact) mass is 521 g/mol. The minimum atomic E-state index is -5.29. The fraction of sp³-hybridized carbons (Fsp3) is 0.333. The van der Waals surface area contributed by atoms with Crippen molar-refractivity contribution in [2.45, 2.75) is 38.1 Å². The van der Waals surface area contributed by atoms with E-state index < -0.39 is 23.8 Å². The average molecular weight is 522 g/mol. The number of nitrogens with one attached hydrogen (secondary N) is 1. The van der Waals surface area contributed by atoms with Gasteiger partial charge in [-0.15, -0.1) is 5.10 Å². The highest BCUT2D eigenvalue weighted by Gasteiger charge is 2.43. The van der Waals surface area contributed by atoms with Crippen LogP contribution in [0.15, 0.2) is 54.6 Å². The Morgan fingerprint density at radius 3 is 2.33 bits per heavy atom. The van der Waals surface area contributed by atoms with Crippen molar-refractivity contribution in [1.29, 1.82) is 0 Å². The first-order valence-electron chi connectivity index (χ1n) is 11.2. The van der Waals surface area contributed by atoms with Gasteiger partial charge in [-0.05, 0) is 42.7 Å². The van der Waals surface area contributed by atoms with Crippen LogP contribution >= 0.6 is 11.6 Å². The Labute approximate surface area is 210 Å². The largest absolute Gasteiger partial charge is 0.491 e. The number of rotatable bonds is 7. The Morgan fingerprint density at radius 2 is 1.69 bits per heavy atom. The molecule has 2 aromatic carbocycles. The average Bonchev–Trinajstić information content (AvgIpc) is 3.33. The van der Waals surface area contributed by atoms with E-state index in [1.54, 1.807) is 0 Å². The lowest BCUT2D eigenvalue weighted by atomic mass is 10.0. The number of benzene rings is 2. The lowest BCUT2D eigenvalue weighted by Crippen LogP contribution is -2.44. The summed E-state index contributed by atoms with van der Waals surface area (Å²) in [6.07, 6.45) is -3.68. The van der Waals surface area contributed by atoms with Gasteiger partial charge in [-0.1, -0.05) is 41.9 Å². The SMILES string of the molecule is O=C(OC(=O)C(F)(F)F)c1n[nH]nc1CN(Cc1ccccc1)C1CCN(c2ccc(Cl)cc2)CC1. The molecule has 1 N–H and O–H groups in total. The van der Waals surface area contributed by atoms with E-state index in [2.05, 4.69) is 29.9 Å². The number of piperidine rings is 1. The Kier molecular flexibility index (Phi) is 7.90. The number of esters is 2. The number of aromatic amines is 1.